The fourth-order valence-corrected chi connectivity index (χ4v) is 1.91. The molecule has 0 saturated carbocycles. The summed E-state index contributed by atoms with van der Waals surface area (Å²) in [5, 5.41) is 5.54. The minimum atomic E-state index is -0.169. The molecule has 0 bridgehead atoms. The summed E-state index contributed by atoms with van der Waals surface area (Å²) in [7, 11) is 1.43. The monoisotopic (exact) mass is 330 g/mol. The van der Waals surface area contributed by atoms with Crippen LogP contribution in [0.1, 0.15) is 25.3 Å². The Balaban J connectivity index is 2.21. The van der Waals surface area contributed by atoms with Crippen LogP contribution in [0.2, 0.25) is 0 Å². The molecule has 1 rings (SSSR count). The van der Waals surface area contributed by atoms with E-state index in [1.165, 1.54) is 19.2 Å². The van der Waals surface area contributed by atoms with Crippen molar-refractivity contribution >= 4 is 23.6 Å². The van der Waals surface area contributed by atoms with Crippen LogP contribution >= 0.6 is 0 Å². The molecule has 128 valence electrons. The molecule has 0 spiro atoms. The second kappa shape index (κ2) is 10.9. The van der Waals surface area contributed by atoms with Gasteiger partial charge in [0.15, 0.2) is 7.05 Å². The van der Waals surface area contributed by atoms with E-state index in [1.54, 1.807) is 43.3 Å². The van der Waals surface area contributed by atoms with E-state index in [1.807, 2.05) is 0 Å². The highest BCUT2D eigenvalue weighted by Crippen LogP contribution is 2.12. The van der Waals surface area contributed by atoms with E-state index in [-0.39, 0.29) is 11.8 Å². The standard InChI is InChI=1S/C18H23N3O3/c1-3-6-17(22)19-13-4-5-14-20-18(23)12-9-15-7-10-16(11-8-15)21(2)24/h3,6-12H,4-5,13-14H2,1-2H3,(H-,19,20,22,23)/p+1/b6-3+,12-9+. The van der Waals surface area contributed by atoms with E-state index in [2.05, 4.69) is 10.6 Å². The first-order valence-corrected chi connectivity index (χ1v) is 7.90. The maximum absolute atomic E-state index is 11.7. The van der Waals surface area contributed by atoms with Gasteiger partial charge in [-0.2, -0.15) is 0 Å². The smallest absolute Gasteiger partial charge is 0.255 e. The van der Waals surface area contributed by atoms with Gasteiger partial charge >= 0.3 is 0 Å². The average molecular weight is 330 g/mol. The fraction of sp³-hybridized carbons (Fsp3) is 0.333. The zero-order valence-corrected chi connectivity index (χ0v) is 14.1. The van der Waals surface area contributed by atoms with Crippen LogP contribution in [-0.2, 0) is 9.59 Å². The molecule has 6 heteroatoms. The number of benzene rings is 1. The van der Waals surface area contributed by atoms with Crippen LogP contribution < -0.4 is 10.6 Å². The van der Waals surface area contributed by atoms with Gasteiger partial charge in [0.25, 0.3) is 5.69 Å². The zero-order valence-electron chi connectivity index (χ0n) is 14.1. The van der Waals surface area contributed by atoms with Crippen molar-refractivity contribution in [2.45, 2.75) is 19.8 Å². The number of hydrogen-bond acceptors (Lipinski definition) is 3. The average Bonchev–Trinajstić information content (AvgIpc) is 2.56. The van der Waals surface area contributed by atoms with Crippen LogP contribution in [0.5, 0.6) is 0 Å². The Morgan fingerprint density at radius 2 is 1.54 bits per heavy atom. The van der Waals surface area contributed by atoms with Crippen LogP contribution in [-0.4, -0.2) is 36.7 Å². The Kier molecular flexibility index (Phi) is 8.74. The Bertz CT molecular complexity index is 619. The third-order valence-electron chi connectivity index (χ3n) is 3.20. The number of nitrogens with zero attached hydrogens (tertiary/aromatic N) is 1. The molecule has 24 heavy (non-hydrogen) atoms. The number of amides is 2. The largest absolute Gasteiger partial charge is 0.353 e. The summed E-state index contributed by atoms with van der Waals surface area (Å²) in [6.07, 6.45) is 7.92. The number of nitroso groups, excluding NO2 is 1. The number of nitrogens with one attached hydrogen (secondary N) is 2. The van der Waals surface area contributed by atoms with E-state index < -0.39 is 0 Å². The van der Waals surface area contributed by atoms with Gasteiger partial charge in [0.2, 0.25) is 11.8 Å². The second-order valence-electron chi connectivity index (χ2n) is 5.21. The first kappa shape index (κ1) is 19.3. The van der Waals surface area contributed by atoms with Gasteiger partial charge in [0, 0.05) is 41.0 Å². The molecule has 0 saturated heterocycles. The van der Waals surface area contributed by atoms with Gasteiger partial charge < -0.3 is 10.6 Å². The van der Waals surface area contributed by atoms with Gasteiger partial charge in [0.05, 0.1) is 0 Å². The number of unbranched alkanes of at least 4 members (excludes halogenated alkanes) is 1. The summed E-state index contributed by atoms with van der Waals surface area (Å²) >= 11 is 0. The molecule has 0 aliphatic heterocycles. The topological polar surface area (TPSA) is 78.3 Å². The van der Waals surface area contributed by atoms with Crippen molar-refractivity contribution in [3.05, 3.63) is 53.0 Å². The van der Waals surface area contributed by atoms with Crippen molar-refractivity contribution in [2.24, 2.45) is 0 Å². The van der Waals surface area contributed by atoms with Gasteiger partial charge in [-0.25, -0.2) is 0 Å². The lowest BCUT2D eigenvalue weighted by Gasteiger charge is -2.03. The number of rotatable bonds is 9. The summed E-state index contributed by atoms with van der Waals surface area (Å²) in [6, 6.07) is 6.96. The first-order chi connectivity index (χ1) is 11.5. The molecule has 0 aliphatic rings. The van der Waals surface area contributed by atoms with Gasteiger partial charge in [0.1, 0.15) is 0 Å². The third-order valence-corrected chi connectivity index (χ3v) is 3.20. The van der Waals surface area contributed by atoms with Gasteiger partial charge in [-0.3, -0.25) is 9.59 Å². The van der Waals surface area contributed by atoms with Crippen molar-refractivity contribution < 1.29 is 14.3 Å². The molecule has 0 unspecified atom stereocenters. The van der Waals surface area contributed by atoms with E-state index >= 15 is 0 Å². The molecule has 0 atom stereocenters. The number of hydrogen-bond donors (Lipinski definition) is 2. The highest BCUT2D eigenvalue weighted by molar-refractivity contribution is 5.91. The Morgan fingerprint density at radius 1 is 1.00 bits per heavy atom. The quantitative estimate of drug-likeness (QED) is 0.414. The molecule has 2 N–H and O–H groups in total. The van der Waals surface area contributed by atoms with Gasteiger partial charge in [-0.05, 0) is 49.6 Å². The van der Waals surface area contributed by atoms with E-state index in [0.717, 1.165) is 23.2 Å². The highest BCUT2D eigenvalue weighted by Gasteiger charge is 2.04. The summed E-state index contributed by atoms with van der Waals surface area (Å²) in [6.45, 7) is 2.94. The molecule has 0 aliphatic carbocycles. The van der Waals surface area contributed by atoms with Crippen molar-refractivity contribution in [1.82, 2.24) is 10.6 Å². The minimum absolute atomic E-state index is 0.0985. The third kappa shape index (κ3) is 8.03. The van der Waals surface area contributed by atoms with Crippen LogP contribution in [0, 0.1) is 4.91 Å². The lowest BCUT2D eigenvalue weighted by molar-refractivity contribution is -0.428. The Morgan fingerprint density at radius 3 is 2.04 bits per heavy atom. The van der Waals surface area contributed by atoms with Crippen molar-refractivity contribution in [3.8, 4) is 0 Å². The van der Waals surface area contributed by atoms with E-state index in [4.69, 9.17) is 0 Å². The van der Waals surface area contributed by atoms with Crippen molar-refractivity contribution in [1.29, 1.82) is 0 Å². The SMILES string of the molecule is C/C=C/C(=O)NCCCCNC(=O)/C=C/c1ccc([N+](C)=O)cc1. The van der Waals surface area contributed by atoms with Gasteiger partial charge in [-0.15, -0.1) is 0 Å². The summed E-state index contributed by atoms with van der Waals surface area (Å²) in [4.78, 5) is 33.9. The van der Waals surface area contributed by atoms with Crippen LogP contribution in [0.4, 0.5) is 5.69 Å². The maximum Gasteiger partial charge on any atom is 0.255 e. The number of allylic oxidation sites excluding steroid dienone is 1. The second-order valence-corrected chi connectivity index (χ2v) is 5.21. The van der Waals surface area contributed by atoms with Crippen LogP contribution in [0.3, 0.4) is 0 Å². The van der Waals surface area contributed by atoms with E-state index in [0.29, 0.717) is 18.8 Å². The summed E-state index contributed by atoms with van der Waals surface area (Å²) < 4.78 is 0.779. The highest BCUT2D eigenvalue weighted by atomic mass is 16.3. The predicted octanol–water partition coefficient (Wildman–Crippen LogP) is 2.33. The van der Waals surface area contributed by atoms with E-state index in [9.17, 15) is 14.5 Å². The molecule has 0 heterocycles. The molecule has 2 amide bonds. The Hall–Kier alpha value is -2.76. The lowest BCUT2D eigenvalue weighted by atomic mass is 10.2. The molecule has 1 aromatic carbocycles. The summed E-state index contributed by atoms with van der Waals surface area (Å²) in [5.41, 5.74) is 1.42. The van der Waals surface area contributed by atoms with Crippen LogP contribution in [0.25, 0.3) is 6.08 Å². The minimum Gasteiger partial charge on any atom is -0.353 e. The fourth-order valence-electron chi connectivity index (χ4n) is 1.91. The molecule has 1 aromatic rings. The molecular weight excluding hydrogens is 306 g/mol. The molecular formula is C18H24N3O3+. The maximum atomic E-state index is 11.7. The molecule has 6 nitrogen and oxygen atoms in total. The van der Waals surface area contributed by atoms with Crippen molar-refractivity contribution in [3.63, 3.8) is 0 Å². The molecule has 0 aromatic heterocycles. The molecule has 0 fully saturated rings. The molecule has 0 radical (unpaired) electrons. The number of carbonyl (C=O) groups is 2. The van der Waals surface area contributed by atoms with Crippen molar-refractivity contribution in [2.75, 3.05) is 20.1 Å². The Labute approximate surface area is 142 Å². The normalized spacial score (nSPS) is 10.9. The first-order valence-electron chi connectivity index (χ1n) is 7.90. The summed E-state index contributed by atoms with van der Waals surface area (Å²) in [5.74, 6) is -0.267. The zero-order chi connectivity index (χ0) is 17.8. The van der Waals surface area contributed by atoms with Gasteiger partial charge in [-0.1, -0.05) is 6.08 Å². The number of carbonyl (C=O) groups excluding carboxylic acids is 2. The lowest BCUT2D eigenvalue weighted by Crippen LogP contribution is -2.25. The van der Waals surface area contributed by atoms with Crippen LogP contribution in [0.15, 0.2) is 42.5 Å². The predicted molar refractivity (Wildman–Crippen MR) is 94.8 cm³/mol.